The Morgan fingerprint density at radius 2 is 2.00 bits per heavy atom. The maximum absolute atomic E-state index is 12.8. The van der Waals surface area contributed by atoms with Crippen LogP contribution in [0.4, 0.5) is 8.78 Å². The van der Waals surface area contributed by atoms with E-state index in [1.165, 1.54) is 24.3 Å². The molecule has 0 spiro atoms. The van der Waals surface area contributed by atoms with Gasteiger partial charge < -0.3 is 5.11 Å². The van der Waals surface area contributed by atoms with Crippen molar-refractivity contribution in [3.05, 3.63) is 46.2 Å². The third kappa shape index (κ3) is 2.33. The lowest BCUT2D eigenvalue weighted by molar-refractivity contribution is 0.0684. The van der Waals surface area contributed by atoms with Gasteiger partial charge in [0.15, 0.2) is 0 Å². The number of hydrogen-bond acceptors (Lipinski definition) is 3. The zero-order chi connectivity index (χ0) is 14.9. The number of alkyl halides is 2. The number of aromatic carboxylic acids is 1. The van der Waals surface area contributed by atoms with E-state index in [2.05, 4.69) is 5.10 Å². The Balaban J connectivity index is 2.60. The molecule has 0 unspecified atom stereocenters. The molecule has 1 aromatic heterocycles. The monoisotopic (exact) mass is 297 g/mol. The number of aromatic nitrogens is 2. The van der Waals surface area contributed by atoms with E-state index in [0.29, 0.717) is 5.56 Å². The number of carbonyl (C=O) groups is 1. The molecule has 0 atom stereocenters. The van der Waals surface area contributed by atoms with E-state index in [4.69, 9.17) is 22.0 Å². The summed E-state index contributed by atoms with van der Waals surface area (Å²) in [5, 5.41) is 20.7. The average molecular weight is 298 g/mol. The fraction of sp³-hybridized carbons (Fsp3) is 0.0833. The first-order valence-electron chi connectivity index (χ1n) is 5.26. The summed E-state index contributed by atoms with van der Waals surface area (Å²) in [6.45, 7) is 0. The lowest BCUT2D eigenvalue weighted by Crippen LogP contribution is -2.00. The van der Waals surface area contributed by atoms with Crippen molar-refractivity contribution in [2.45, 2.75) is 6.43 Å². The van der Waals surface area contributed by atoms with Gasteiger partial charge in [-0.25, -0.2) is 18.3 Å². The highest BCUT2D eigenvalue weighted by Crippen LogP contribution is 2.30. The lowest BCUT2D eigenvalue weighted by Gasteiger charge is -2.02. The third-order valence-corrected chi connectivity index (χ3v) is 2.87. The summed E-state index contributed by atoms with van der Waals surface area (Å²) < 4.78 is 26.4. The van der Waals surface area contributed by atoms with Crippen LogP contribution in [0.3, 0.4) is 0 Å². The predicted molar refractivity (Wildman–Crippen MR) is 65.2 cm³/mol. The standard InChI is InChI=1S/C12H6ClF2N3O2/c13-10-8(12(19)20)9(11(14)15)17-18(10)7-3-1-6(5-16)2-4-7/h1-4,11H,(H,19,20). The van der Waals surface area contributed by atoms with Crippen molar-refractivity contribution in [1.29, 1.82) is 5.26 Å². The van der Waals surface area contributed by atoms with E-state index in [0.717, 1.165) is 4.68 Å². The highest BCUT2D eigenvalue weighted by atomic mass is 35.5. The fourth-order valence-corrected chi connectivity index (χ4v) is 1.93. The predicted octanol–water partition coefficient (Wildman–Crippen LogP) is 3.03. The van der Waals surface area contributed by atoms with E-state index in [-0.39, 0.29) is 5.69 Å². The molecule has 0 bridgehead atoms. The van der Waals surface area contributed by atoms with Crippen LogP contribution in [-0.2, 0) is 0 Å². The number of nitrogens with zero attached hydrogens (tertiary/aromatic N) is 3. The van der Waals surface area contributed by atoms with Gasteiger partial charge in [0, 0.05) is 0 Å². The van der Waals surface area contributed by atoms with Crippen LogP contribution < -0.4 is 0 Å². The summed E-state index contributed by atoms with van der Waals surface area (Å²) in [5.74, 6) is -1.58. The molecule has 0 fully saturated rings. The van der Waals surface area contributed by atoms with E-state index < -0.39 is 28.8 Å². The van der Waals surface area contributed by atoms with Gasteiger partial charge in [-0.05, 0) is 24.3 Å². The zero-order valence-electron chi connectivity index (χ0n) is 9.72. The average Bonchev–Trinajstić information content (AvgIpc) is 2.77. The van der Waals surface area contributed by atoms with Crippen LogP contribution in [0.1, 0.15) is 28.0 Å². The minimum atomic E-state index is -3.06. The Hall–Kier alpha value is -2.46. The van der Waals surface area contributed by atoms with E-state index in [1.54, 1.807) is 0 Å². The van der Waals surface area contributed by atoms with Crippen molar-refractivity contribution in [2.75, 3.05) is 0 Å². The van der Waals surface area contributed by atoms with Crippen LogP contribution in [-0.4, -0.2) is 20.9 Å². The Morgan fingerprint density at radius 1 is 1.40 bits per heavy atom. The molecule has 1 N–H and O–H groups in total. The van der Waals surface area contributed by atoms with Crippen LogP contribution in [0.2, 0.25) is 5.15 Å². The van der Waals surface area contributed by atoms with Crippen LogP contribution in [0.5, 0.6) is 0 Å². The number of hydrogen-bond donors (Lipinski definition) is 1. The zero-order valence-corrected chi connectivity index (χ0v) is 10.5. The topological polar surface area (TPSA) is 78.9 Å². The highest BCUT2D eigenvalue weighted by molar-refractivity contribution is 6.33. The van der Waals surface area contributed by atoms with Gasteiger partial charge in [-0.3, -0.25) is 0 Å². The van der Waals surface area contributed by atoms with Crippen molar-refractivity contribution in [1.82, 2.24) is 9.78 Å². The smallest absolute Gasteiger partial charge is 0.341 e. The van der Waals surface area contributed by atoms with Crippen molar-refractivity contribution >= 4 is 17.6 Å². The first-order valence-corrected chi connectivity index (χ1v) is 5.64. The number of carboxylic acid groups (broad SMARTS) is 1. The summed E-state index contributed by atoms with van der Waals surface area (Å²) in [5.41, 5.74) is -0.981. The maximum atomic E-state index is 12.8. The van der Waals surface area contributed by atoms with Gasteiger partial charge in [0.2, 0.25) is 0 Å². The number of nitriles is 1. The molecule has 1 heterocycles. The molecule has 0 aliphatic rings. The second-order valence-electron chi connectivity index (χ2n) is 3.73. The van der Waals surface area contributed by atoms with Crippen molar-refractivity contribution < 1.29 is 18.7 Å². The van der Waals surface area contributed by atoms with E-state index >= 15 is 0 Å². The first-order chi connectivity index (χ1) is 9.45. The molecule has 0 radical (unpaired) electrons. The molecule has 0 amide bonds. The summed E-state index contributed by atoms with van der Waals surface area (Å²) in [6, 6.07) is 7.63. The molecule has 0 aliphatic heterocycles. The molecule has 2 aromatic rings. The van der Waals surface area contributed by atoms with Gasteiger partial charge in [-0.2, -0.15) is 10.4 Å². The third-order valence-electron chi connectivity index (χ3n) is 2.52. The summed E-state index contributed by atoms with van der Waals surface area (Å²) in [4.78, 5) is 11.0. The van der Waals surface area contributed by atoms with Crippen LogP contribution >= 0.6 is 11.6 Å². The number of benzene rings is 1. The lowest BCUT2D eigenvalue weighted by atomic mass is 10.2. The molecule has 20 heavy (non-hydrogen) atoms. The number of carboxylic acids is 1. The Labute approximate surface area is 116 Å². The fourth-order valence-electron chi connectivity index (χ4n) is 1.61. The second-order valence-corrected chi connectivity index (χ2v) is 4.09. The van der Waals surface area contributed by atoms with Crippen molar-refractivity contribution in [3.8, 4) is 11.8 Å². The summed E-state index contributed by atoms with van der Waals surface area (Å²) in [6.07, 6.45) is -3.06. The van der Waals surface area contributed by atoms with Crippen LogP contribution in [0.15, 0.2) is 24.3 Å². The Bertz CT molecular complexity index is 705. The molecule has 8 heteroatoms. The molecule has 0 saturated heterocycles. The molecule has 5 nitrogen and oxygen atoms in total. The SMILES string of the molecule is N#Cc1ccc(-n2nc(C(F)F)c(C(=O)O)c2Cl)cc1. The van der Waals surface area contributed by atoms with Gasteiger partial charge in [0.1, 0.15) is 16.4 Å². The van der Waals surface area contributed by atoms with Gasteiger partial charge in [-0.15, -0.1) is 0 Å². The second kappa shape index (κ2) is 5.27. The van der Waals surface area contributed by atoms with Gasteiger partial charge in [0.05, 0.1) is 17.3 Å². The molecule has 1 aromatic carbocycles. The highest BCUT2D eigenvalue weighted by Gasteiger charge is 2.28. The first kappa shape index (κ1) is 14.0. The minimum absolute atomic E-state index is 0.281. The normalized spacial score (nSPS) is 10.6. The maximum Gasteiger partial charge on any atom is 0.341 e. The largest absolute Gasteiger partial charge is 0.478 e. The number of rotatable bonds is 3. The van der Waals surface area contributed by atoms with Crippen molar-refractivity contribution in [2.24, 2.45) is 0 Å². The molecule has 102 valence electrons. The van der Waals surface area contributed by atoms with Crippen molar-refractivity contribution in [3.63, 3.8) is 0 Å². The number of halogens is 3. The van der Waals surface area contributed by atoms with Gasteiger partial charge in [-0.1, -0.05) is 11.6 Å². The molecule has 0 saturated carbocycles. The quantitative estimate of drug-likeness (QED) is 0.944. The van der Waals surface area contributed by atoms with E-state index in [1.807, 2.05) is 6.07 Å². The summed E-state index contributed by atoms with van der Waals surface area (Å²) in [7, 11) is 0. The molecular formula is C12H6ClF2N3O2. The van der Waals surface area contributed by atoms with Gasteiger partial charge >= 0.3 is 5.97 Å². The van der Waals surface area contributed by atoms with Crippen LogP contribution in [0, 0.1) is 11.3 Å². The van der Waals surface area contributed by atoms with E-state index in [9.17, 15) is 13.6 Å². The summed E-state index contributed by atoms with van der Waals surface area (Å²) >= 11 is 5.80. The van der Waals surface area contributed by atoms with Crippen LogP contribution in [0.25, 0.3) is 5.69 Å². The molecule has 0 aliphatic carbocycles. The minimum Gasteiger partial charge on any atom is -0.478 e. The molecule has 2 rings (SSSR count). The Morgan fingerprint density at radius 3 is 2.40 bits per heavy atom. The molecular weight excluding hydrogens is 292 g/mol. The van der Waals surface area contributed by atoms with Gasteiger partial charge in [0.25, 0.3) is 6.43 Å². The Kier molecular flexibility index (Phi) is 3.68.